The summed E-state index contributed by atoms with van der Waals surface area (Å²) in [7, 11) is -9.28. The van der Waals surface area contributed by atoms with Crippen LogP contribution in [0.3, 0.4) is 0 Å². The minimum Gasteiger partial charge on any atom is -0.395 e. The third kappa shape index (κ3) is 18.9. The minimum atomic E-state index is -4.64. The lowest BCUT2D eigenvalue weighted by atomic mass is 10.1. The molecule has 0 aliphatic carbocycles. The molecule has 1 heterocycles. The number of aliphatic hydroxyl groups is 1. The summed E-state index contributed by atoms with van der Waals surface area (Å²) in [5.41, 5.74) is 2.01. The van der Waals surface area contributed by atoms with Crippen molar-refractivity contribution in [2.24, 2.45) is 0 Å². The number of nitrogens with zero attached hydrogens (tertiary/aromatic N) is 2. The molecule has 2 aromatic rings. The van der Waals surface area contributed by atoms with Gasteiger partial charge < -0.3 is 44.7 Å². The van der Waals surface area contributed by atoms with Gasteiger partial charge in [0, 0.05) is 34.9 Å². The van der Waals surface area contributed by atoms with E-state index >= 15 is 0 Å². The van der Waals surface area contributed by atoms with Crippen molar-refractivity contribution in [2.75, 3.05) is 31.6 Å². The second-order valence-electron chi connectivity index (χ2n) is 6.89. The summed E-state index contributed by atoms with van der Waals surface area (Å²) >= 11 is 6.03. The van der Waals surface area contributed by atoms with Gasteiger partial charge in [-0.2, -0.15) is 0 Å². The molecule has 0 saturated heterocycles. The van der Waals surface area contributed by atoms with E-state index in [0.29, 0.717) is 11.1 Å². The van der Waals surface area contributed by atoms with E-state index in [1.165, 1.54) is 0 Å². The first-order valence-corrected chi connectivity index (χ1v) is 13.4. The number of fused-ring (bicyclic) bond motifs is 1. The summed E-state index contributed by atoms with van der Waals surface area (Å²) in [4.78, 5) is 49.8. The van der Waals surface area contributed by atoms with E-state index in [9.17, 15) is 0 Å². The van der Waals surface area contributed by atoms with Gasteiger partial charge in [0.05, 0.1) is 12.1 Å². The van der Waals surface area contributed by atoms with Crippen LogP contribution in [0.15, 0.2) is 30.5 Å². The van der Waals surface area contributed by atoms with Crippen LogP contribution in [-0.4, -0.2) is 76.6 Å². The highest BCUT2D eigenvalue weighted by molar-refractivity contribution is 7.45. The number of aliphatic hydroxyl groups excluding tert-OH is 1. The second kappa shape index (κ2) is 15.7. The van der Waals surface area contributed by atoms with Crippen molar-refractivity contribution in [1.82, 2.24) is 9.88 Å². The summed E-state index contributed by atoms with van der Waals surface area (Å²) in [6.45, 7) is 7.32. The topological polar surface area (TPSA) is 204 Å². The largest absolute Gasteiger partial charge is 0.466 e. The molecule has 0 bridgehead atoms. The molecular formula is C18H32ClN3O9P2. The van der Waals surface area contributed by atoms with Crippen LogP contribution >= 0.6 is 27.2 Å². The van der Waals surface area contributed by atoms with Crippen LogP contribution in [0.5, 0.6) is 0 Å². The van der Waals surface area contributed by atoms with Gasteiger partial charge in [-0.05, 0) is 57.1 Å². The van der Waals surface area contributed by atoms with Crippen molar-refractivity contribution in [3.8, 4) is 0 Å². The maximum Gasteiger partial charge on any atom is 0.466 e. The third-order valence-electron chi connectivity index (χ3n) is 4.08. The van der Waals surface area contributed by atoms with Crippen LogP contribution in [0.4, 0.5) is 5.69 Å². The lowest BCUT2D eigenvalue weighted by Crippen LogP contribution is -2.28. The lowest BCUT2D eigenvalue weighted by Gasteiger charge is -2.21. The summed E-state index contributed by atoms with van der Waals surface area (Å²) in [5.74, 6) is 0. The van der Waals surface area contributed by atoms with Crippen molar-refractivity contribution in [3.05, 3.63) is 35.5 Å². The van der Waals surface area contributed by atoms with Gasteiger partial charge >= 0.3 is 15.6 Å². The Morgan fingerprint density at radius 1 is 1.06 bits per heavy atom. The molecule has 33 heavy (non-hydrogen) atoms. The summed E-state index contributed by atoms with van der Waals surface area (Å²) in [5, 5.41) is 14.4. The predicted octanol–water partition coefficient (Wildman–Crippen LogP) is 1.93. The van der Waals surface area contributed by atoms with Crippen molar-refractivity contribution >= 4 is 43.8 Å². The van der Waals surface area contributed by atoms with Crippen LogP contribution in [-0.2, 0) is 9.13 Å². The molecule has 190 valence electrons. The van der Waals surface area contributed by atoms with Crippen LogP contribution in [0.1, 0.15) is 26.7 Å². The first-order valence-electron chi connectivity index (χ1n) is 9.84. The maximum atomic E-state index is 9.02. The molecule has 0 fully saturated rings. The quantitative estimate of drug-likeness (QED) is 0.219. The van der Waals surface area contributed by atoms with Crippen molar-refractivity contribution < 1.29 is 43.6 Å². The van der Waals surface area contributed by atoms with Crippen LogP contribution in [0.2, 0.25) is 5.02 Å². The maximum absolute atomic E-state index is 9.02. The van der Waals surface area contributed by atoms with Crippen LogP contribution in [0, 0.1) is 0 Å². The fourth-order valence-electron chi connectivity index (χ4n) is 2.78. The highest BCUT2D eigenvalue weighted by atomic mass is 35.5. The van der Waals surface area contributed by atoms with Gasteiger partial charge in [-0.1, -0.05) is 18.5 Å². The standard InChI is InChI=1S/C18H26ClN3O.2H3O4P/c1-3-22(11-12-23)10-4-5-14(2)21-17-8-9-20-18-13-15(19)6-7-16(17)18;2*1-5(2,3)4/h6-9,13-14,23H,3-5,10-12H2,1-2H3,(H,20,21);2*(H3,1,2,3,4)/t14-;;/m1../s1. The number of pyridine rings is 1. The van der Waals surface area contributed by atoms with Crippen molar-refractivity contribution in [1.29, 1.82) is 0 Å². The number of phosphoric acid groups is 2. The van der Waals surface area contributed by atoms with E-state index in [1.807, 2.05) is 30.5 Å². The number of hydrogen-bond acceptors (Lipinski definition) is 6. The number of benzene rings is 1. The molecule has 15 heteroatoms. The molecule has 0 radical (unpaired) electrons. The van der Waals surface area contributed by atoms with E-state index in [4.69, 9.17) is 55.2 Å². The van der Waals surface area contributed by atoms with Gasteiger partial charge in [0.15, 0.2) is 0 Å². The molecule has 0 aliphatic rings. The Balaban J connectivity index is 0.000000859. The smallest absolute Gasteiger partial charge is 0.395 e. The molecular weight excluding hydrogens is 500 g/mol. The number of anilines is 1. The number of nitrogens with one attached hydrogen (secondary N) is 1. The zero-order valence-corrected chi connectivity index (χ0v) is 20.9. The van der Waals surface area contributed by atoms with Gasteiger partial charge in [-0.15, -0.1) is 0 Å². The van der Waals surface area contributed by atoms with E-state index in [1.54, 1.807) is 0 Å². The van der Waals surface area contributed by atoms with Crippen LogP contribution < -0.4 is 5.32 Å². The first kappa shape index (κ1) is 31.9. The van der Waals surface area contributed by atoms with E-state index in [-0.39, 0.29) is 6.61 Å². The molecule has 0 spiro atoms. The number of halogens is 1. The zero-order chi connectivity index (χ0) is 25.7. The number of hydrogen-bond donors (Lipinski definition) is 8. The van der Waals surface area contributed by atoms with Gasteiger partial charge in [-0.3, -0.25) is 4.98 Å². The van der Waals surface area contributed by atoms with Gasteiger partial charge in [0.25, 0.3) is 0 Å². The summed E-state index contributed by atoms with van der Waals surface area (Å²) in [6.07, 6.45) is 4.00. The molecule has 2 rings (SSSR count). The monoisotopic (exact) mass is 531 g/mol. The highest BCUT2D eigenvalue weighted by Gasteiger charge is 2.08. The highest BCUT2D eigenvalue weighted by Crippen LogP contribution is 2.26. The Kier molecular flexibility index (Phi) is 15.2. The fourth-order valence-corrected chi connectivity index (χ4v) is 2.94. The Morgan fingerprint density at radius 2 is 1.64 bits per heavy atom. The van der Waals surface area contributed by atoms with Gasteiger partial charge in [-0.25, -0.2) is 9.13 Å². The van der Waals surface area contributed by atoms with Gasteiger partial charge in [0.2, 0.25) is 0 Å². The van der Waals surface area contributed by atoms with Gasteiger partial charge in [0.1, 0.15) is 0 Å². The third-order valence-corrected chi connectivity index (χ3v) is 4.32. The molecule has 0 amide bonds. The Bertz CT molecular complexity index is 890. The average molecular weight is 532 g/mol. The SMILES string of the molecule is CCN(CCO)CCC[C@@H](C)Nc1ccnc2cc(Cl)ccc12.O=P(O)(O)O.O=P(O)(O)O. The Hall–Kier alpha value is -1.14. The normalized spacial score (nSPS) is 12.5. The predicted molar refractivity (Wildman–Crippen MR) is 127 cm³/mol. The minimum absolute atomic E-state index is 0.229. The number of rotatable bonds is 9. The fraction of sp³-hybridized carbons (Fsp3) is 0.500. The van der Waals surface area contributed by atoms with E-state index < -0.39 is 15.6 Å². The van der Waals surface area contributed by atoms with Crippen LogP contribution in [0.25, 0.3) is 10.9 Å². The number of likely N-dealkylation sites (N-methyl/N-ethyl adjacent to an activating group) is 1. The summed E-state index contributed by atoms with van der Waals surface area (Å²) < 4.78 is 17.8. The molecule has 0 unspecified atom stereocenters. The number of aromatic nitrogens is 1. The molecule has 0 saturated carbocycles. The van der Waals surface area contributed by atoms with Crippen molar-refractivity contribution in [2.45, 2.75) is 32.7 Å². The molecule has 1 aromatic carbocycles. The first-order chi connectivity index (χ1) is 15.1. The molecule has 0 aliphatic heterocycles. The molecule has 8 N–H and O–H groups in total. The summed E-state index contributed by atoms with van der Waals surface area (Å²) in [6, 6.07) is 8.19. The zero-order valence-electron chi connectivity index (χ0n) is 18.3. The Morgan fingerprint density at radius 3 is 2.15 bits per heavy atom. The lowest BCUT2D eigenvalue weighted by molar-refractivity contribution is 0.199. The van der Waals surface area contributed by atoms with Crippen molar-refractivity contribution in [3.63, 3.8) is 0 Å². The van der Waals surface area contributed by atoms with E-state index in [2.05, 4.69) is 29.0 Å². The Labute approximate surface area is 197 Å². The van der Waals surface area contributed by atoms with E-state index in [0.717, 1.165) is 49.1 Å². The second-order valence-corrected chi connectivity index (χ2v) is 9.38. The average Bonchev–Trinajstić information content (AvgIpc) is 2.64. The molecule has 1 atom stereocenters. The molecule has 12 nitrogen and oxygen atoms in total. The molecule has 1 aromatic heterocycles.